The van der Waals surface area contributed by atoms with Gasteiger partial charge in [0.05, 0.1) is 5.69 Å². The molecule has 4 heteroatoms. The van der Waals surface area contributed by atoms with Gasteiger partial charge < -0.3 is 11.1 Å². The third kappa shape index (κ3) is 2.52. The van der Waals surface area contributed by atoms with Gasteiger partial charge in [-0.2, -0.15) is 0 Å². The van der Waals surface area contributed by atoms with Crippen LogP contribution in [0.15, 0.2) is 24.4 Å². The van der Waals surface area contributed by atoms with Crippen molar-refractivity contribution < 1.29 is 4.79 Å². The summed E-state index contributed by atoms with van der Waals surface area (Å²) in [6.45, 7) is 2.60. The van der Waals surface area contributed by atoms with Crippen molar-refractivity contribution in [3.05, 3.63) is 30.1 Å². The first-order valence-corrected chi connectivity index (χ1v) is 4.19. The van der Waals surface area contributed by atoms with Crippen molar-refractivity contribution in [3.8, 4) is 0 Å². The molecule has 1 heterocycles. The molecular formula is C9H13N3O. The zero-order valence-electron chi connectivity index (χ0n) is 7.53. The monoisotopic (exact) mass is 179 g/mol. The van der Waals surface area contributed by atoms with Crippen LogP contribution in [0.4, 0.5) is 0 Å². The van der Waals surface area contributed by atoms with E-state index in [1.54, 1.807) is 18.3 Å². The summed E-state index contributed by atoms with van der Waals surface area (Å²) in [7, 11) is 0. The average Bonchev–Trinajstić information content (AvgIpc) is 2.15. The van der Waals surface area contributed by atoms with E-state index in [9.17, 15) is 4.79 Å². The van der Waals surface area contributed by atoms with E-state index >= 15 is 0 Å². The maximum Gasteiger partial charge on any atom is 0.240 e. The average molecular weight is 179 g/mol. The molecule has 1 atom stereocenters. The molecule has 0 aliphatic heterocycles. The van der Waals surface area contributed by atoms with Gasteiger partial charge in [0.2, 0.25) is 5.91 Å². The first kappa shape index (κ1) is 9.67. The van der Waals surface area contributed by atoms with Gasteiger partial charge in [-0.3, -0.25) is 9.78 Å². The highest BCUT2D eigenvalue weighted by molar-refractivity contribution is 5.80. The van der Waals surface area contributed by atoms with Gasteiger partial charge >= 0.3 is 0 Å². The van der Waals surface area contributed by atoms with Gasteiger partial charge in [0, 0.05) is 6.20 Å². The predicted molar refractivity (Wildman–Crippen MR) is 49.8 cm³/mol. The van der Waals surface area contributed by atoms with Gasteiger partial charge in [0.1, 0.15) is 6.04 Å². The van der Waals surface area contributed by atoms with E-state index in [-0.39, 0.29) is 0 Å². The number of hydrogen-bond donors (Lipinski definition) is 2. The van der Waals surface area contributed by atoms with Crippen molar-refractivity contribution in [1.29, 1.82) is 0 Å². The summed E-state index contributed by atoms with van der Waals surface area (Å²) in [6, 6.07) is 4.92. The van der Waals surface area contributed by atoms with E-state index in [1.807, 2.05) is 13.0 Å². The maximum atomic E-state index is 11.0. The number of hydrogen-bond acceptors (Lipinski definition) is 3. The molecule has 0 radical (unpaired) electrons. The number of amides is 1. The molecule has 70 valence electrons. The van der Waals surface area contributed by atoms with Crippen LogP contribution >= 0.6 is 0 Å². The first-order chi connectivity index (χ1) is 6.25. The van der Waals surface area contributed by atoms with Gasteiger partial charge in [-0.25, -0.2) is 0 Å². The molecule has 0 saturated heterocycles. The number of pyridine rings is 1. The maximum absolute atomic E-state index is 11.0. The highest BCUT2D eigenvalue weighted by atomic mass is 16.1. The van der Waals surface area contributed by atoms with Crippen molar-refractivity contribution >= 4 is 5.91 Å². The molecule has 1 unspecified atom stereocenters. The Morgan fingerprint density at radius 2 is 2.46 bits per heavy atom. The Balaban J connectivity index is 2.82. The Hall–Kier alpha value is -1.42. The molecule has 0 saturated carbocycles. The number of carbonyl (C=O) groups is 1. The number of nitrogens with two attached hydrogens (primary N) is 1. The number of carbonyl (C=O) groups excluding carboxylic acids is 1. The smallest absolute Gasteiger partial charge is 0.240 e. The van der Waals surface area contributed by atoms with Crippen LogP contribution in [0.2, 0.25) is 0 Å². The first-order valence-electron chi connectivity index (χ1n) is 4.19. The summed E-state index contributed by atoms with van der Waals surface area (Å²) >= 11 is 0. The van der Waals surface area contributed by atoms with E-state index in [0.29, 0.717) is 12.2 Å². The van der Waals surface area contributed by atoms with Crippen LogP contribution in [0, 0.1) is 0 Å². The number of nitrogens with one attached hydrogen (secondary N) is 1. The highest BCUT2D eigenvalue weighted by Crippen LogP contribution is 2.07. The van der Waals surface area contributed by atoms with Crippen molar-refractivity contribution in [2.75, 3.05) is 6.54 Å². The van der Waals surface area contributed by atoms with E-state index in [4.69, 9.17) is 5.73 Å². The van der Waals surface area contributed by atoms with Gasteiger partial charge in [-0.1, -0.05) is 13.0 Å². The zero-order valence-corrected chi connectivity index (χ0v) is 7.53. The molecule has 0 aromatic carbocycles. The van der Waals surface area contributed by atoms with Gasteiger partial charge in [-0.05, 0) is 18.7 Å². The van der Waals surface area contributed by atoms with E-state index in [2.05, 4.69) is 10.3 Å². The number of nitrogens with zero attached hydrogens (tertiary/aromatic N) is 1. The van der Waals surface area contributed by atoms with Crippen molar-refractivity contribution in [2.24, 2.45) is 5.73 Å². The fraction of sp³-hybridized carbons (Fsp3) is 0.333. The standard InChI is InChI=1S/C9H13N3O/c1-2-11-8(9(10)13)7-5-3-4-6-12-7/h3-6,8,11H,2H2,1H3,(H2,10,13). The third-order valence-corrected chi connectivity index (χ3v) is 1.68. The summed E-state index contributed by atoms with van der Waals surface area (Å²) in [5.74, 6) is -0.402. The summed E-state index contributed by atoms with van der Waals surface area (Å²) < 4.78 is 0. The second-order valence-electron chi connectivity index (χ2n) is 2.65. The number of primary amides is 1. The summed E-state index contributed by atoms with van der Waals surface area (Å²) in [4.78, 5) is 15.1. The van der Waals surface area contributed by atoms with Gasteiger partial charge in [-0.15, -0.1) is 0 Å². The molecule has 4 nitrogen and oxygen atoms in total. The molecule has 1 aromatic heterocycles. The molecule has 0 aliphatic rings. The van der Waals surface area contributed by atoms with Crippen LogP contribution in [0.1, 0.15) is 18.7 Å². The van der Waals surface area contributed by atoms with E-state index in [1.165, 1.54) is 0 Å². The third-order valence-electron chi connectivity index (χ3n) is 1.68. The minimum absolute atomic E-state index is 0.402. The summed E-state index contributed by atoms with van der Waals surface area (Å²) in [5, 5.41) is 2.96. The molecule has 1 amide bonds. The lowest BCUT2D eigenvalue weighted by molar-refractivity contribution is -0.120. The highest BCUT2D eigenvalue weighted by Gasteiger charge is 2.16. The molecule has 13 heavy (non-hydrogen) atoms. The normalized spacial score (nSPS) is 12.4. The van der Waals surface area contributed by atoms with Crippen LogP contribution in [0.25, 0.3) is 0 Å². The molecule has 0 fully saturated rings. The van der Waals surface area contributed by atoms with E-state index in [0.717, 1.165) is 0 Å². The predicted octanol–water partition coefficient (Wildman–Crippen LogP) is 0.217. The lowest BCUT2D eigenvalue weighted by Gasteiger charge is -2.12. The SMILES string of the molecule is CCNC(C(N)=O)c1ccccn1. The molecule has 3 N–H and O–H groups in total. The Labute approximate surface area is 77.2 Å². The second-order valence-corrected chi connectivity index (χ2v) is 2.65. The fourth-order valence-electron chi connectivity index (χ4n) is 1.10. The molecule has 1 aromatic rings. The molecular weight excluding hydrogens is 166 g/mol. The quantitative estimate of drug-likeness (QED) is 0.694. The van der Waals surface area contributed by atoms with Crippen molar-refractivity contribution in [2.45, 2.75) is 13.0 Å². The number of likely N-dealkylation sites (N-methyl/N-ethyl adjacent to an activating group) is 1. The lowest BCUT2D eigenvalue weighted by atomic mass is 10.2. The second kappa shape index (κ2) is 4.57. The Morgan fingerprint density at radius 3 is 2.92 bits per heavy atom. The fourth-order valence-corrected chi connectivity index (χ4v) is 1.10. The largest absolute Gasteiger partial charge is 0.368 e. The van der Waals surface area contributed by atoms with Crippen LogP contribution in [0.5, 0.6) is 0 Å². The summed E-state index contributed by atoms with van der Waals surface area (Å²) in [6.07, 6.45) is 1.64. The Morgan fingerprint density at radius 1 is 1.69 bits per heavy atom. The molecule has 0 aliphatic carbocycles. The number of aromatic nitrogens is 1. The summed E-state index contributed by atoms with van der Waals surface area (Å²) in [5.41, 5.74) is 5.88. The molecule has 1 rings (SSSR count). The number of rotatable bonds is 4. The topological polar surface area (TPSA) is 68.0 Å². The molecule has 0 spiro atoms. The van der Waals surface area contributed by atoms with Crippen LogP contribution in [-0.4, -0.2) is 17.4 Å². The Kier molecular flexibility index (Phi) is 3.40. The van der Waals surface area contributed by atoms with Crippen molar-refractivity contribution in [1.82, 2.24) is 10.3 Å². The Bertz CT molecular complexity index is 273. The lowest BCUT2D eigenvalue weighted by Crippen LogP contribution is -2.34. The van der Waals surface area contributed by atoms with Crippen molar-refractivity contribution in [3.63, 3.8) is 0 Å². The van der Waals surface area contributed by atoms with Crippen LogP contribution in [0.3, 0.4) is 0 Å². The van der Waals surface area contributed by atoms with Crippen LogP contribution in [-0.2, 0) is 4.79 Å². The van der Waals surface area contributed by atoms with Gasteiger partial charge in [0.15, 0.2) is 0 Å². The minimum Gasteiger partial charge on any atom is -0.368 e. The van der Waals surface area contributed by atoms with E-state index < -0.39 is 11.9 Å². The van der Waals surface area contributed by atoms with Crippen LogP contribution < -0.4 is 11.1 Å². The van der Waals surface area contributed by atoms with Gasteiger partial charge in [0.25, 0.3) is 0 Å². The zero-order chi connectivity index (χ0) is 9.68. The molecule has 0 bridgehead atoms. The minimum atomic E-state index is -0.480.